The fourth-order valence-corrected chi connectivity index (χ4v) is 1.92. The summed E-state index contributed by atoms with van der Waals surface area (Å²) >= 11 is 0. The van der Waals surface area contributed by atoms with Gasteiger partial charge < -0.3 is 10.1 Å². The minimum Gasteiger partial charge on any atom is -0.403 e. The Morgan fingerprint density at radius 3 is 2.59 bits per heavy atom. The van der Waals surface area contributed by atoms with Crippen molar-refractivity contribution < 1.29 is 22.3 Å². The molecule has 0 radical (unpaired) electrons. The lowest BCUT2D eigenvalue weighted by molar-refractivity contribution is -0.275. The van der Waals surface area contributed by atoms with Gasteiger partial charge in [-0.1, -0.05) is 6.07 Å². The maximum atomic E-state index is 13.4. The molecule has 1 heterocycles. The summed E-state index contributed by atoms with van der Waals surface area (Å²) in [5, 5.41) is 3.11. The topological polar surface area (TPSA) is 21.3 Å². The fourth-order valence-electron chi connectivity index (χ4n) is 1.92. The van der Waals surface area contributed by atoms with Gasteiger partial charge >= 0.3 is 6.36 Å². The standard InChI is InChI=1S/C11H11F4NO/c12-9-5-7(8-3-4-16-6-8)1-2-10(9)17-11(13,14)15/h1-2,5,8,16H,3-4,6H2. The minimum atomic E-state index is -4.86. The normalized spacial score (nSPS) is 20.6. The van der Waals surface area contributed by atoms with Crippen LogP contribution in [0.25, 0.3) is 0 Å². The van der Waals surface area contributed by atoms with E-state index < -0.39 is 17.9 Å². The van der Waals surface area contributed by atoms with E-state index in [-0.39, 0.29) is 5.92 Å². The van der Waals surface area contributed by atoms with Gasteiger partial charge in [-0.15, -0.1) is 13.2 Å². The molecule has 1 aromatic rings. The van der Waals surface area contributed by atoms with Gasteiger partial charge in [-0.2, -0.15) is 0 Å². The van der Waals surface area contributed by atoms with E-state index in [2.05, 4.69) is 10.1 Å². The van der Waals surface area contributed by atoms with E-state index in [1.807, 2.05) is 0 Å². The Balaban J connectivity index is 2.16. The molecule has 2 nitrogen and oxygen atoms in total. The molecule has 1 aliphatic heterocycles. The number of halogens is 4. The number of benzene rings is 1. The minimum absolute atomic E-state index is 0.157. The van der Waals surface area contributed by atoms with E-state index in [9.17, 15) is 17.6 Å². The van der Waals surface area contributed by atoms with Crippen LogP contribution in [0.2, 0.25) is 0 Å². The summed E-state index contributed by atoms with van der Waals surface area (Å²) in [7, 11) is 0. The molecule has 6 heteroatoms. The summed E-state index contributed by atoms with van der Waals surface area (Å²) in [4.78, 5) is 0. The van der Waals surface area contributed by atoms with Crippen LogP contribution in [-0.2, 0) is 0 Å². The maximum absolute atomic E-state index is 13.4. The van der Waals surface area contributed by atoms with Gasteiger partial charge in [0.1, 0.15) is 0 Å². The van der Waals surface area contributed by atoms with Crippen LogP contribution in [0, 0.1) is 5.82 Å². The number of hydrogen-bond acceptors (Lipinski definition) is 2. The van der Waals surface area contributed by atoms with Crippen molar-refractivity contribution in [3.05, 3.63) is 29.6 Å². The lowest BCUT2D eigenvalue weighted by Gasteiger charge is -2.13. The number of hydrogen-bond donors (Lipinski definition) is 1. The number of ether oxygens (including phenoxy) is 1. The van der Waals surface area contributed by atoms with Crippen molar-refractivity contribution in [3.63, 3.8) is 0 Å². The molecule has 94 valence electrons. The highest BCUT2D eigenvalue weighted by molar-refractivity contribution is 5.32. The molecular weight excluding hydrogens is 238 g/mol. The molecule has 0 spiro atoms. The van der Waals surface area contributed by atoms with Gasteiger partial charge in [-0.05, 0) is 36.6 Å². The fraction of sp³-hybridized carbons (Fsp3) is 0.455. The van der Waals surface area contributed by atoms with Crippen LogP contribution in [0.4, 0.5) is 17.6 Å². The van der Waals surface area contributed by atoms with Crippen LogP contribution in [0.1, 0.15) is 17.9 Å². The third-order valence-corrected chi connectivity index (χ3v) is 2.71. The summed E-state index contributed by atoms with van der Waals surface area (Å²) in [5.74, 6) is -1.61. The van der Waals surface area contributed by atoms with Crippen molar-refractivity contribution in [2.24, 2.45) is 0 Å². The molecule has 0 amide bonds. The molecule has 1 N–H and O–H groups in total. The van der Waals surface area contributed by atoms with Crippen molar-refractivity contribution in [2.75, 3.05) is 13.1 Å². The molecule has 0 aromatic heterocycles. The summed E-state index contributed by atoms with van der Waals surface area (Å²) in [5.41, 5.74) is 0.696. The summed E-state index contributed by atoms with van der Waals surface area (Å²) < 4.78 is 52.7. The zero-order valence-electron chi connectivity index (χ0n) is 8.85. The third kappa shape index (κ3) is 3.09. The van der Waals surface area contributed by atoms with E-state index in [0.29, 0.717) is 5.56 Å². The van der Waals surface area contributed by atoms with E-state index >= 15 is 0 Å². The zero-order valence-corrected chi connectivity index (χ0v) is 8.85. The van der Waals surface area contributed by atoms with Gasteiger partial charge in [0.15, 0.2) is 11.6 Å². The summed E-state index contributed by atoms with van der Waals surface area (Å²) in [6.45, 7) is 1.56. The zero-order chi connectivity index (χ0) is 12.5. The van der Waals surface area contributed by atoms with Gasteiger partial charge in [0, 0.05) is 6.54 Å². The second-order valence-corrected chi connectivity index (χ2v) is 3.93. The van der Waals surface area contributed by atoms with Crippen molar-refractivity contribution in [3.8, 4) is 5.75 Å². The number of nitrogens with one attached hydrogen (secondary N) is 1. The monoisotopic (exact) mass is 249 g/mol. The first kappa shape index (κ1) is 12.2. The van der Waals surface area contributed by atoms with Crippen LogP contribution < -0.4 is 10.1 Å². The lowest BCUT2D eigenvalue weighted by Crippen LogP contribution is -2.18. The van der Waals surface area contributed by atoms with Crippen LogP contribution >= 0.6 is 0 Å². The Bertz CT molecular complexity index is 399. The highest BCUT2D eigenvalue weighted by Crippen LogP contribution is 2.29. The second-order valence-electron chi connectivity index (χ2n) is 3.93. The SMILES string of the molecule is Fc1cc(C2CCNC2)ccc1OC(F)(F)F. The smallest absolute Gasteiger partial charge is 0.403 e. The summed E-state index contributed by atoms with van der Waals surface area (Å²) in [6, 6.07) is 3.61. The van der Waals surface area contributed by atoms with Gasteiger partial charge in [0.2, 0.25) is 0 Å². The highest BCUT2D eigenvalue weighted by Gasteiger charge is 2.32. The Hall–Kier alpha value is -1.30. The quantitative estimate of drug-likeness (QED) is 0.814. The molecule has 17 heavy (non-hydrogen) atoms. The predicted molar refractivity (Wildman–Crippen MR) is 53.3 cm³/mol. The Morgan fingerprint density at radius 2 is 2.06 bits per heavy atom. The van der Waals surface area contributed by atoms with Crippen molar-refractivity contribution in [1.82, 2.24) is 5.32 Å². The molecule has 1 saturated heterocycles. The molecule has 0 aliphatic carbocycles. The third-order valence-electron chi connectivity index (χ3n) is 2.71. The maximum Gasteiger partial charge on any atom is 0.573 e. The van der Waals surface area contributed by atoms with Crippen molar-refractivity contribution >= 4 is 0 Å². The van der Waals surface area contributed by atoms with E-state index in [1.54, 1.807) is 0 Å². The summed E-state index contributed by atoms with van der Waals surface area (Å²) in [6.07, 6.45) is -4.00. The molecular formula is C11H11F4NO. The van der Waals surface area contributed by atoms with E-state index in [1.165, 1.54) is 6.07 Å². The van der Waals surface area contributed by atoms with E-state index in [0.717, 1.165) is 31.6 Å². The van der Waals surface area contributed by atoms with Gasteiger partial charge in [-0.25, -0.2) is 4.39 Å². The molecule has 1 atom stereocenters. The molecule has 1 unspecified atom stereocenters. The van der Waals surface area contributed by atoms with Gasteiger partial charge in [-0.3, -0.25) is 0 Å². The lowest BCUT2D eigenvalue weighted by atomic mass is 9.98. The second kappa shape index (κ2) is 4.52. The molecule has 1 aliphatic rings. The molecule has 0 saturated carbocycles. The highest BCUT2D eigenvalue weighted by atomic mass is 19.4. The number of alkyl halides is 3. The first-order valence-corrected chi connectivity index (χ1v) is 5.21. The Labute approximate surface area is 95.6 Å². The molecule has 1 fully saturated rings. The van der Waals surface area contributed by atoms with Crippen LogP contribution in [0.15, 0.2) is 18.2 Å². The first-order chi connectivity index (χ1) is 7.96. The number of rotatable bonds is 2. The molecule has 2 rings (SSSR count). The molecule has 0 bridgehead atoms. The average molecular weight is 249 g/mol. The van der Waals surface area contributed by atoms with Gasteiger partial charge in [0.05, 0.1) is 0 Å². The Morgan fingerprint density at radius 1 is 1.29 bits per heavy atom. The average Bonchev–Trinajstić information content (AvgIpc) is 2.72. The first-order valence-electron chi connectivity index (χ1n) is 5.21. The van der Waals surface area contributed by atoms with Gasteiger partial charge in [0.25, 0.3) is 0 Å². The van der Waals surface area contributed by atoms with Crippen LogP contribution in [0.3, 0.4) is 0 Å². The largest absolute Gasteiger partial charge is 0.573 e. The predicted octanol–water partition coefficient (Wildman–Crippen LogP) is 2.80. The van der Waals surface area contributed by atoms with Crippen LogP contribution in [-0.4, -0.2) is 19.5 Å². The van der Waals surface area contributed by atoms with Crippen molar-refractivity contribution in [1.29, 1.82) is 0 Å². The molecule has 1 aromatic carbocycles. The van der Waals surface area contributed by atoms with Crippen molar-refractivity contribution in [2.45, 2.75) is 18.7 Å². The van der Waals surface area contributed by atoms with Crippen LogP contribution in [0.5, 0.6) is 5.75 Å². The Kier molecular flexibility index (Phi) is 3.24. The van der Waals surface area contributed by atoms with E-state index in [4.69, 9.17) is 0 Å².